The first-order chi connectivity index (χ1) is 15.2. The highest BCUT2D eigenvalue weighted by Crippen LogP contribution is 2.32. The van der Waals surface area contributed by atoms with Gasteiger partial charge >= 0.3 is 6.09 Å². The van der Waals surface area contributed by atoms with Crippen molar-refractivity contribution in [3.63, 3.8) is 0 Å². The average molecular weight is 448 g/mol. The molecule has 2 aliphatic heterocycles. The molecule has 4 atom stereocenters. The zero-order chi connectivity index (χ0) is 23.3. The lowest BCUT2D eigenvalue weighted by Gasteiger charge is -2.26. The number of carbonyl (C=O) groups excluding carboxylic acids is 2. The standard InChI is InChI=1S/C24H33NO7/c1-6-19(29-15-21(26)25-18(16(2)3)13-30-23(25)27)22-20(31-24(4,5)32-22)14-28-12-17-10-8-7-9-11-17/h6-11,16,18-20,22H,1,12-15H2,2-5H3/t18-,19-,20-,22-/m1/s1. The molecule has 1 aromatic carbocycles. The van der Waals surface area contributed by atoms with Crippen LogP contribution in [0, 0.1) is 5.92 Å². The molecule has 8 heteroatoms. The quantitative estimate of drug-likeness (QED) is 0.509. The largest absolute Gasteiger partial charge is 0.447 e. The first kappa shape index (κ1) is 24.4. The number of nitrogens with zero attached hydrogens (tertiary/aromatic N) is 1. The van der Waals surface area contributed by atoms with Crippen LogP contribution in [0.1, 0.15) is 33.3 Å². The van der Waals surface area contributed by atoms with Crippen molar-refractivity contribution in [2.75, 3.05) is 19.8 Å². The van der Waals surface area contributed by atoms with Gasteiger partial charge in [-0.25, -0.2) is 9.69 Å². The predicted molar refractivity (Wildman–Crippen MR) is 117 cm³/mol. The number of hydrogen-bond donors (Lipinski definition) is 0. The predicted octanol–water partition coefficient (Wildman–Crippen LogP) is 3.30. The Morgan fingerprint density at radius 1 is 1.28 bits per heavy atom. The van der Waals surface area contributed by atoms with Crippen LogP contribution in [-0.2, 0) is 35.1 Å². The van der Waals surface area contributed by atoms with Gasteiger partial charge < -0.3 is 23.7 Å². The van der Waals surface area contributed by atoms with Gasteiger partial charge in [-0.1, -0.05) is 50.3 Å². The minimum Gasteiger partial charge on any atom is -0.447 e. The van der Waals surface area contributed by atoms with E-state index < -0.39 is 36.1 Å². The van der Waals surface area contributed by atoms with Crippen molar-refractivity contribution in [1.82, 2.24) is 4.90 Å². The van der Waals surface area contributed by atoms with E-state index in [0.717, 1.165) is 10.5 Å². The van der Waals surface area contributed by atoms with Crippen LogP contribution in [0.15, 0.2) is 43.0 Å². The lowest BCUT2D eigenvalue weighted by atomic mass is 10.0. The van der Waals surface area contributed by atoms with E-state index in [1.807, 2.05) is 58.0 Å². The van der Waals surface area contributed by atoms with Gasteiger partial charge in [-0.15, -0.1) is 6.58 Å². The fourth-order valence-corrected chi connectivity index (χ4v) is 3.89. The second kappa shape index (κ2) is 10.6. The van der Waals surface area contributed by atoms with Crippen LogP contribution in [0.5, 0.6) is 0 Å². The molecule has 0 radical (unpaired) electrons. The van der Waals surface area contributed by atoms with Crippen molar-refractivity contribution in [1.29, 1.82) is 0 Å². The maximum atomic E-state index is 12.7. The smallest absolute Gasteiger partial charge is 0.417 e. The van der Waals surface area contributed by atoms with Crippen molar-refractivity contribution in [3.05, 3.63) is 48.6 Å². The molecule has 0 bridgehead atoms. The van der Waals surface area contributed by atoms with Crippen LogP contribution in [-0.4, -0.2) is 66.9 Å². The maximum Gasteiger partial charge on any atom is 0.417 e. The van der Waals surface area contributed by atoms with Crippen LogP contribution in [0.3, 0.4) is 0 Å². The summed E-state index contributed by atoms with van der Waals surface area (Å²) in [6, 6.07) is 9.54. The number of benzene rings is 1. The van der Waals surface area contributed by atoms with Gasteiger partial charge in [-0.05, 0) is 25.3 Å². The molecule has 0 unspecified atom stereocenters. The molecule has 0 aliphatic carbocycles. The lowest BCUT2D eigenvalue weighted by molar-refractivity contribution is -0.160. The van der Waals surface area contributed by atoms with Gasteiger partial charge in [0.15, 0.2) is 5.79 Å². The molecule has 8 nitrogen and oxygen atoms in total. The van der Waals surface area contributed by atoms with Crippen molar-refractivity contribution >= 4 is 12.0 Å². The van der Waals surface area contributed by atoms with Gasteiger partial charge in [0.25, 0.3) is 5.91 Å². The molecule has 0 aromatic heterocycles. The van der Waals surface area contributed by atoms with Crippen molar-refractivity contribution in [2.45, 2.75) is 64.4 Å². The Kier molecular flexibility index (Phi) is 8.05. The Hall–Kier alpha value is -2.26. The highest BCUT2D eigenvalue weighted by Gasteiger charge is 2.46. The molecule has 2 fully saturated rings. The van der Waals surface area contributed by atoms with Gasteiger partial charge in [0.1, 0.15) is 31.5 Å². The number of ether oxygens (including phenoxy) is 5. The van der Waals surface area contributed by atoms with E-state index in [1.165, 1.54) is 0 Å². The second-order valence-corrected chi connectivity index (χ2v) is 8.80. The number of imide groups is 1. The molecule has 0 spiro atoms. The van der Waals surface area contributed by atoms with Gasteiger partial charge in [-0.2, -0.15) is 0 Å². The lowest BCUT2D eigenvalue weighted by Crippen LogP contribution is -2.45. The van der Waals surface area contributed by atoms with Crippen LogP contribution in [0.2, 0.25) is 0 Å². The van der Waals surface area contributed by atoms with E-state index in [-0.39, 0.29) is 25.2 Å². The summed E-state index contributed by atoms with van der Waals surface area (Å²) in [7, 11) is 0. The SMILES string of the molecule is C=C[C@@H](OCC(=O)N1C(=O)OC[C@@H]1C(C)C)[C@H]1OC(C)(C)O[C@@H]1COCc1ccccc1. The Balaban J connectivity index is 1.59. The van der Waals surface area contributed by atoms with E-state index in [9.17, 15) is 9.59 Å². The topological polar surface area (TPSA) is 83.5 Å². The Morgan fingerprint density at radius 2 is 2.00 bits per heavy atom. The number of cyclic esters (lactones) is 1. The van der Waals surface area contributed by atoms with Crippen molar-refractivity contribution < 1.29 is 33.3 Å². The summed E-state index contributed by atoms with van der Waals surface area (Å²) >= 11 is 0. The number of amides is 2. The molecule has 2 aliphatic rings. The summed E-state index contributed by atoms with van der Waals surface area (Å²) < 4.78 is 28.8. The van der Waals surface area contributed by atoms with E-state index in [0.29, 0.717) is 13.2 Å². The molecule has 0 saturated carbocycles. The second-order valence-electron chi connectivity index (χ2n) is 8.80. The monoisotopic (exact) mass is 447 g/mol. The van der Waals surface area contributed by atoms with Gasteiger partial charge in [0.2, 0.25) is 0 Å². The van der Waals surface area contributed by atoms with Gasteiger partial charge in [0.05, 0.1) is 19.3 Å². The average Bonchev–Trinajstić information content (AvgIpc) is 3.28. The van der Waals surface area contributed by atoms with Crippen molar-refractivity contribution in [2.24, 2.45) is 5.92 Å². The molecule has 3 rings (SSSR count). The zero-order valence-corrected chi connectivity index (χ0v) is 19.2. The van der Waals surface area contributed by atoms with Crippen LogP contribution in [0.4, 0.5) is 4.79 Å². The van der Waals surface area contributed by atoms with E-state index >= 15 is 0 Å². The molecule has 32 heavy (non-hydrogen) atoms. The normalized spacial score (nSPS) is 25.7. The minimum absolute atomic E-state index is 0.0825. The van der Waals surface area contributed by atoms with E-state index in [4.69, 9.17) is 23.7 Å². The molecule has 2 amide bonds. The third-order valence-corrected chi connectivity index (χ3v) is 5.51. The fourth-order valence-electron chi connectivity index (χ4n) is 3.89. The molecule has 2 heterocycles. The summed E-state index contributed by atoms with van der Waals surface area (Å²) in [5.74, 6) is -1.20. The molecular formula is C24H33NO7. The van der Waals surface area contributed by atoms with Gasteiger partial charge in [0, 0.05) is 0 Å². The number of hydrogen-bond acceptors (Lipinski definition) is 7. The van der Waals surface area contributed by atoms with Crippen LogP contribution >= 0.6 is 0 Å². The third kappa shape index (κ3) is 5.95. The van der Waals surface area contributed by atoms with E-state index in [1.54, 1.807) is 6.08 Å². The van der Waals surface area contributed by atoms with Crippen LogP contribution < -0.4 is 0 Å². The Labute approximate surface area is 189 Å². The molecule has 2 saturated heterocycles. The molecule has 0 N–H and O–H groups in total. The molecule has 1 aromatic rings. The van der Waals surface area contributed by atoms with Crippen LogP contribution in [0.25, 0.3) is 0 Å². The summed E-state index contributed by atoms with van der Waals surface area (Å²) in [5.41, 5.74) is 1.06. The summed E-state index contributed by atoms with van der Waals surface area (Å²) in [6.07, 6.45) is -0.609. The Bertz CT molecular complexity index is 795. The maximum absolute atomic E-state index is 12.7. The third-order valence-electron chi connectivity index (χ3n) is 5.51. The van der Waals surface area contributed by atoms with Gasteiger partial charge in [-0.3, -0.25) is 4.79 Å². The number of rotatable bonds is 10. The first-order valence-electron chi connectivity index (χ1n) is 10.9. The first-order valence-corrected chi connectivity index (χ1v) is 10.9. The highest BCUT2D eigenvalue weighted by atomic mass is 16.8. The Morgan fingerprint density at radius 3 is 2.66 bits per heavy atom. The van der Waals surface area contributed by atoms with Crippen molar-refractivity contribution in [3.8, 4) is 0 Å². The minimum atomic E-state index is -0.832. The summed E-state index contributed by atoms with van der Waals surface area (Å²) in [6.45, 7) is 12.0. The fraction of sp³-hybridized carbons (Fsp3) is 0.583. The number of carbonyl (C=O) groups is 2. The summed E-state index contributed by atoms with van der Waals surface area (Å²) in [5, 5.41) is 0. The summed E-state index contributed by atoms with van der Waals surface area (Å²) in [4.78, 5) is 25.9. The molecule has 176 valence electrons. The highest BCUT2D eigenvalue weighted by molar-refractivity contribution is 5.94. The molecular weight excluding hydrogens is 414 g/mol. The van der Waals surface area contributed by atoms with E-state index in [2.05, 4.69) is 6.58 Å². The zero-order valence-electron chi connectivity index (χ0n) is 19.2.